The number of methoxy groups -OCH3 is 1. The maximum absolute atomic E-state index is 12.7. The first-order chi connectivity index (χ1) is 13.8. The Morgan fingerprint density at radius 3 is 2.62 bits per heavy atom. The van der Waals surface area contributed by atoms with Crippen LogP contribution in [0.1, 0.15) is 24.2 Å². The molecule has 0 atom stereocenters. The number of nitrogens with zero attached hydrogens (tertiary/aromatic N) is 2. The molecule has 0 aliphatic carbocycles. The number of hydrogen-bond donors (Lipinski definition) is 2. The van der Waals surface area contributed by atoms with E-state index in [2.05, 4.69) is 20.2 Å². The minimum absolute atomic E-state index is 0.110. The number of carbonyl (C=O) groups excluding carboxylic acids is 1. The summed E-state index contributed by atoms with van der Waals surface area (Å²) in [5.41, 5.74) is 1.30. The van der Waals surface area contributed by atoms with Crippen molar-refractivity contribution in [2.75, 3.05) is 12.4 Å². The van der Waals surface area contributed by atoms with Crippen LogP contribution in [0.15, 0.2) is 58.2 Å². The molecular formula is C19H20N4O5S. The lowest BCUT2D eigenvalue weighted by atomic mass is 10.1. The summed E-state index contributed by atoms with van der Waals surface area (Å²) in [6.45, 7) is 3.41. The summed E-state index contributed by atoms with van der Waals surface area (Å²) in [5, 5.41) is 10.2. The van der Waals surface area contributed by atoms with Gasteiger partial charge in [-0.15, -0.1) is 10.2 Å². The van der Waals surface area contributed by atoms with E-state index in [1.165, 1.54) is 31.7 Å². The maximum Gasteiger partial charge on any atom is 0.255 e. The Hall–Kier alpha value is -3.24. The SMILES string of the molecule is COc1ccc(C(=O)Nc2cccc(-c3nnco3)c2)cc1S(=O)(=O)NC(C)C. The molecular weight excluding hydrogens is 396 g/mol. The molecule has 0 unspecified atom stereocenters. The summed E-state index contributed by atoms with van der Waals surface area (Å²) in [4.78, 5) is 12.6. The molecule has 152 valence electrons. The van der Waals surface area contributed by atoms with E-state index in [1.807, 2.05) is 0 Å². The Morgan fingerprint density at radius 1 is 1.17 bits per heavy atom. The van der Waals surface area contributed by atoms with E-state index in [0.29, 0.717) is 17.1 Å². The lowest BCUT2D eigenvalue weighted by Crippen LogP contribution is -2.30. The first-order valence-electron chi connectivity index (χ1n) is 8.68. The first-order valence-corrected chi connectivity index (χ1v) is 10.2. The van der Waals surface area contributed by atoms with E-state index in [0.717, 1.165) is 0 Å². The van der Waals surface area contributed by atoms with Crippen LogP contribution >= 0.6 is 0 Å². The molecule has 1 aromatic heterocycles. The van der Waals surface area contributed by atoms with Crippen molar-refractivity contribution in [1.82, 2.24) is 14.9 Å². The number of benzene rings is 2. The minimum Gasteiger partial charge on any atom is -0.495 e. The van der Waals surface area contributed by atoms with Gasteiger partial charge in [-0.05, 0) is 50.2 Å². The van der Waals surface area contributed by atoms with Crippen LogP contribution in [0, 0.1) is 0 Å². The predicted octanol–water partition coefficient (Wildman–Crippen LogP) is 2.68. The monoisotopic (exact) mass is 416 g/mol. The van der Waals surface area contributed by atoms with Gasteiger partial charge in [0.15, 0.2) is 0 Å². The zero-order chi connectivity index (χ0) is 21.0. The van der Waals surface area contributed by atoms with Crippen molar-refractivity contribution in [1.29, 1.82) is 0 Å². The largest absolute Gasteiger partial charge is 0.495 e. The van der Waals surface area contributed by atoms with Gasteiger partial charge in [-0.3, -0.25) is 4.79 Å². The van der Waals surface area contributed by atoms with Crippen LogP contribution in [0.4, 0.5) is 5.69 Å². The van der Waals surface area contributed by atoms with Gasteiger partial charge in [0, 0.05) is 22.9 Å². The van der Waals surface area contributed by atoms with E-state index in [4.69, 9.17) is 9.15 Å². The Morgan fingerprint density at radius 2 is 1.97 bits per heavy atom. The lowest BCUT2D eigenvalue weighted by molar-refractivity contribution is 0.102. The molecule has 0 aliphatic rings. The average Bonchev–Trinajstić information content (AvgIpc) is 3.21. The summed E-state index contributed by atoms with van der Waals surface area (Å²) in [5.74, 6) is -0.0110. The van der Waals surface area contributed by atoms with Crippen LogP contribution in [0.25, 0.3) is 11.5 Å². The van der Waals surface area contributed by atoms with Crippen molar-refractivity contribution in [3.8, 4) is 17.2 Å². The van der Waals surface area contributed by atoms with Gasteiger partial charge >= 0.3 is 0 Å². The van der Waals surface area contributed by atoms with Gasteiger partial charge in [-0.1, -0.05) is 6.07 Å². The van der Waals surface area contributed by atoms with Gasteiger partial charge < -0.3 is 14.5 Å². The van der Waals surface area contributed by atoms with Crippen molar-refractivity contribution in [3.63, 3.8) is 0 Å². The molecule has 10 heteroatoms. The molecule has 2 N–H and O–H groups in total. The van der Waals surface area contributed by atoms with Gasteiger partial charge in [0.1, 0.15) is 10.6 Å². The summed E-state index contributed by atoms with van der Waals surface area (Å²) in [7, 11) is -2.48. The highest BCUT2D eigenvalue weighted by Crippen LogP contribution is 2.26. The molecule has 0 spiro atoms. The first kappa shape index (κ1) is 20.5. The van der Waals surface area contributed by atoms with E-state index in [1.54, 1.807) is 38.1 Å². The molecule has 0 aliphatic heterocycles. The number of carbonyl (C=O) groups is 1. The predicted molar refractivity (Wildman–Crippen MR) is 106 cm³/mol. The molecule has 3 aromatic rings. The summed E-state index contributed by atoms with van der Waals surface area (Å²) >= 11 is 0. The smallest absolute Gasteiger partial charge is 0.255 e. The number of nitrogens with one attached hydrogen (secondary N) is 2. The fourth-order valence-corrected chi connectivity index (χ4v) is 4.08. The second kappa shape index (κ2) is 8.41. The molecule has 1 heterocycles. The van der Waals surface area contributed by atoms with E-state index in [-0.39, 0.29) is 22.3 Å². The van der Waals surface area contributed by atoms with Crippen molar-refractivity contribution in [2.24, 2.45) is 0 Å². The van der Waals surface area contributed by atoms with E-state index < -0.39 is 15.9 Å². The van der Waals surface area contributed by atoms with Crippen LogP contribution < -0.4 is 14.8 Å². The molecule has 1 amide bonds. The number of ether oxygens (including phenoxy) is 1. The summed E-state index contributed by atoms with van der Waals surface area (Å²) < 4.78 is 38.0. The molecule has 0 saturated heterocycles. The van der Waals surface area contributed by atoms with E-state index in [9.17, 15) is 13.2 Å². The fourth-order valence-electron chi connectivity index (χ4n) is 2.63. The Kier molecular flexibility index (Phi) is 5.95. The number of rotatable bonds is 7. The molecule has 0 fully saturated rings. The zero-order valence-corrected chi connectivity index (χ0v) is 16.9. The average molecular weight is 416 g/mol. The second-order valence-corrected chi connectivity index (χ2v) is 8.10. The van der Waals surface area contributed by atoms with Crippen molar-refractivity contribution < 1.29 is 22.4 Å². The van der Waals surface area contributed by atoms with Crippen LogP contribution in [-0.2, 0) is 10.0 Å². The Labute approximate surface area is 168 Å². The molecule has 0 radical (unpaired) electrons. The van der Waals surface area contributed by atoms with E-state index >= 15 is 0 Å². The number of anilines is 1. The number of hydrogen-bond acceptors (Lipinski definition) is 7. The molecule has 29 heavy (non-hydrogen) atoms. The number of amides is 1. The van der Waals surface area contributed by atoms with Gasteiger partial charge in [-0.2, -0.15) is 0 Å². The van der Waals surface area contributed by atoms with Gasteiger partial charge in [0.05, 0.1) is 7.11 Å². The van der Waals surface area contributed by atoms with Crippen LogP contribution in [0.3, 0.4) is 0 Å². The number of sulfonamides is 1. The maximum atomic E-state index is 12.7. The summed E-state index contributed by atoms with van der Waals surface area (Å²) in [6.07, 6.45) is 1.21. The topological polar surface area (TPSA) is 123 Å². The summed E-state index contributed by atoms with van der Waals surface area (Å²) in [6, 6.07) is 10.8. The minimum atomic E-state index is -3.85. The Balaban J connectivity index is 1.88. The zero-order valence-electron chi connectivity index (χ0n) is 16.0. The molecule has 2 aromatic carbocycles. The standard InChI is InChI=1S/C19H20N4O5S/c1-12(2)23-29(25,26)17-10-13(7-8-16(17)27-3)18(24)21-15-6-4-5-14(9-15)19-22-20-11-28-19/h4-12,23H,1-3H3,(H,21,24). The highest BCUT2D eigenvalue weighted by Gasteiger charge is 2.22. The van der Waals surface area contributed by atoms with Crippen molar-refractivity contribution >= 4 is 21.6 Å². The van der Waals surface area contributed by atoms with Gasteiger partial charge in [-0.25, -0.2) is 13.1 Å². The third kappa shape index (κ3) is 4.79. The molecule has 9 nitrogen and oxygen atoms in total. The molecule has 0 saturated carbocycles. The second-order valence-electron chi connectivity index (χ2n) is 6.42. The highest BCUT2D eigenvalue weighted by atomic mass is 32.2. The van der Waals surface area contributed by atoms with Crippen molar-refractivity contribution in [3.05, 3.63) is 54.4 Å². The van der Waals surface area contributed by atoms with Gasteiger partial charge in [0.25, 0.3) is 5.91 Å². The normalized spacial score (nSPS) is 11.4. The van der Waals surface area contributed by atoms with Crippen molar-refractivity contribution in [2.45, 2.75) is 24.8 Å². The van der Waals surface area contributed by atoms with Gasteiger partial charge in [0.2, 0.25) is 22.3 Å². The fraction of sp³-hybridized carbons (Fsp3) is 0.211. The van der Waals surface area contributed by atoms with Crippen LogP contribution in [0.2, 0.25) is 0 Å². The third-order valence-electron chi connectivity index (χ3n) is 3.83. The highest BCUT2D eigenvalue weighted by molar-refractivity contribution is 7.89. The Bertz CT molecular complexity index is 1110. The number of aromatic nitrogens is 2. The molecule has 3 rings (SSSR count). The lowest BCUT2D eigenvalue weighted by Gasteiger charge is -2.14. The third-order valence-corrected chi connectivity index (χ3v) is 5.51. The van der Waals surface area contributed by atoms with Crippen LogP contribution in [0.5, 0.6) is 5.75 Å². The van der Waals surface area contributed by atoms with Crippen LogP contribution in [-0.4, -0.2) is 37.7 Å². The quantitative estimate of drug-likeness (QED) is 0.607. The molecule has 0 bridgehead atoms.